The van der Waals surface area contributed by atoms with Crippen LogP contribution in [0.1, 0.15) is 24.2 Å². The highest BCUT2D eigenvalue weighted by atomic mass is 15.3. The lowest BCUT2D eigenvalue weighted by molar-refractivity contribution is 0.490. The molecule has 0 aromatic carbocycles. The van der Waals surface area contributed by atoms with E-state index in [2.05, 4.69) is 22.4 Å². The monoisotopic (exact) mass is 231 g/mol. The minimum Gasteiger partial charge on any atom is -0.271 e. The zero-order valence-corrected chi connectivity index (χ0v) is 9.87. The summed E-state index contributed by atoms with van der Waals surface area (Å²) < 4.78 is 1.95. The number of nitrogens with zero attached hydrogens (tertiary/aromatic N) is 3. The van der Waals surface area contributed by atoms with Crippen LogP contribution in [0.25, 0.3) is 0 Å². The first kappa shape index (κ1) is 11.8. The van der Waals surface area contributed by atoms with Gasteiger partial charge in [-0.1, -0.05) is 0 Å². The Morgan fingerprint density at radius 1 is 1.29 bits per heavy atom. The van der Waals surface area contributed by atoms with E-state index in [9.17, 15) is 0 Å². The molecule has 0 saturated heterocycles. The highest BCUT2D eigenvalue weighted by molar-refractivity contribution is 5.16. The predicted molar refractivity (Wildman–Crippen MR) is 65.9 cm³/mol. The fourth-order valence-electron chi connectivity index (χ4n) is 1.91. The second kappa shape index (κ2) is 5.56. The van der Waals surface area contributed by atoms with Crippen molar-refractivity contribution in [3.05, 3.63) is 48.0 Å². The Balaban J connectivity index is 2.17. The van der Waals surface area contributed by atoms with Gasteiger partial charge >= 0.3 is 0 Å². The van der Waals surface area contributed by atoms with Gasteiger partial charge in [-0.15, -0.1) is 0 Å². The average molecular weight is 231 g/mol. The SMILES string of the molecule is CCn1nccc1C(Cc1ccncc1)NN. The third-order valence-corrected chi connectivity index (χ3v) is 2.80. The molecule has 90 valence electrons. The molecular weight excluding hydrogens is 214 g/mol. The quantitative estimate of drug-likeness (QED) is 0.596. The molecule has 2 aromatic rings. The average Bonchev–Trinajstić information content (AvgIpc) is 2.85. The van der Waals surface area contributed by atoms with E-state index in [0.717, 1.165) is 18.7 Å². The number of rotatable bonds is 5. The molecule has 1 unspecified atom stereocenters. The van der Waals surface area contributed by atoms with Crippen molar-refractivity contribution in [3.63, 3.8) is 0 Å². The van der Waals surface area contributed by atoms with Crippen LogP contribution in [-0.2, 0) is 13.0 Å². The summed E-state index contributed by atoms with van der Waals surface area (Å²) >= 11 is 0. The summed E-state index contributed by atoms with van der Waals surface area (Å²) in [5.74, 6) is 5.63. The third kappa shape index (κ3) is 2.69. The standard InChI is InChI=1S/C12H17N5/c1-2-17-12(5-8-15-17)11(16-13)9-10-3-6-14-7-4-10/h3-8,11,16H,2,9,13H2,1H3. The molecule has 0 radical (unpaired) electrons. The maximum atomic E-state index is 5.63. The van der Waals surface area contributed by atoms with Crippen molar-refractivity contribution in [1.82, 2.24) is 20.2 Å². The Hall–Kier alpha value is -1.72. The van der Waals surface area contributed by atoms with Crippen molar-refractivity contribution >= 4 is 0 Å². The normalized spacial score (nSPS) is 12.6. The highest BCUT2D eigenvalue weighted by Gasteiger charge is 2.14. The zero-order chi connectivity index (χ0) is 12.1. The van der Waals surface area contributed by atoms with Crippen molar-refractivity contribution in [3.8, 4) is 0 Å². The van der Waals surface area contributed by atoms with Gasteiger partial charge in [0.15, 0.2) is 0 Å². The number of hydrogen-bond donors (Lipinski definition) is 2. The van der Waals surface area contributed by atoms with Gasteiger partial charge in [0.25, 0.3) is 0 Å². The molecule has 17 heavy (non-hydrogen) atoms. The Morgan fingerprint density at radius 2 is 2.06 bits per heavy atom. The Bertz CT molecular complexity index is 451. The van der Waals surface area contributed by atoms with Gasteiger partial charge in [-0.3, -0.25) is 20.9 Å². The molecule has 0 aliphatic heterocycles. The van der Waals surface area contributed by atoms with Gasteiger partial charge in [-0.2, -0.15) is 5.10 Å². The van der Waals surface area contributed by atoms with Gasteiger partial charge in [0, 0.05) is 25.1 Å². The van der Waals surface area contributed by atoms with Gasteiger partial charge in [0.1, 0.15) is 0 Å². The lowest BCUT2D eigenvalue weighted by Crippen LogP contribution is -2.31. The van der Waals surface area contributed by atoms with Gasteiger partial charge in [-0.05, 0) is 37.1 Å². The van der Waals surface area contributed by atoms with E-state index in [1.807, 2.05) is 22.9 Å². The lowest BCUT2D eigenvalue weighted by atomic mass is 10.1. The summed E-state index contributed by atoms with van der Waals surface area (Å²) in [5, 5.41) is 4.25. The largest absolute Gasteiger partial charge is 0.271 e. The number of hydrogen-bond acceptors (Lipinski definition) is 4. The molecule has 2 rings (SSSR count). The van der Waals surface area contributed by atoms with E-state index < -0.39 is 0 Å². The van der Waals surface area contributed by atoms with Crippen LogP contribution in [0.4, 0.5) is 0 Å². The van der Waals surface area contributed by atoms with Crippen molar-refractivity contribution in [2.45, 2.75) is 25.9 Å². The molecule has 0 bridgehead atoms. The van der Waals surface area contributed by atoms with E-state index in [1.165, 1.54) is 5.56 Å². The molecule has 2 heterocycles. The van der Waals surface area contributed by atoms with Crippen molar-refractivity contribution in [2.24, 2.45) is 5.84 Å². The predicted octanol–water partition coefficient (Wildman–Crippen LogP) is 1.05. The van der Waals surface area contributed by atoms with E-state index in [1.54, 1.807) is 18.6 Å². The lowest BCUT2D eigenvalue weighted by Gasteiger charge is -2.17. The van der Waals surface area contributed by atoms with Crippen LogP contribution in [0, 0.1) is 0 Å². The van der Waals surface area contributed by atoms with Crippen molar-refractivity contribution < 1.29 is 0 Å². The third-order valence-electron chi connectivity index (χ3n) is 2.80. The first-order chi connectivity index (χ1) is 8.35. The molecule has 3 N–H and O–H groups in total. The van der Waals surface area contributed by atoms with Crippen LogP contribution in [0.15, 0.2) is 36.8 Å². The molecule has 0 spiro atoms. The molecular formula is C12H17N5. The van der Waals surface area contributed by atoms with Crippen molar-refractivity contribution in [1.29, 1.82) is 0 Å². The molecule has 0 saturated carbocycles. The minimum atomic E-state index is 0.0693. The van der Waals surface area contributed by atoms with Crippen LogP contribution >= 0.6 is 0 Å². The molecule has 5 nitrogen and oxygen atoms in total. The van der Waals surface area contributed by atoms with Gasteiger partial charge in [-0.25, -0.2) is 0 Å². The zero-order valence-electron chi connectivity index (χ0n) is 9.87. The fraction of sp³-hybridized carbons (Fsp3) is 0.333. The number of aromatic nitrogens is 3. The maximum absolute atomic E-state index is 5.63. The molecule has 1 atom stereocenters. The summed E-state index contributed by atoms with van der Waals surface area (Å²) in [5.41, 5.74) is 5.15. The highest BCUT2D eigenvalue weighted by Crippen LogP contribution is 2.16. The Labute approximate surface area is 101 Å². The summed E-state index contributed by atoms with van der Waals surface area (Å²) in [6, 6.07) is 6.06. The maximum Gasteiger partial charge on any atom is 0.0669 e. The van der Waals surface area contributed by atoms with Gasteiger partial charge < -0.3 is 0 Å². The van der Waals surface area contributed by atoms with Crippen LogP contribution < -0.4 is 11.3 Å². The fourth-order valence-corrected chi connectivity index (χ4v) is 1.91. The van der Waals surface area contributed by atoms with E-state index in [0.29, 0.717) is 0 Å². The molecule has 5 heteroatoms. The summed E-state index contributed by atoms with van der Waals surface area (Å²) in [6.45, 7) is 2.91. The molecule has 2 aromatic heterocycles. The number of nitrogens with one attached hydrogen (secondary N) is 1. The smallest absolute Gasteiger partial charge is 0.0669 e. The van der Waals surface area contributed by atoms with Crippen LogP contribution in [0.5, 0.6) is 0 Å². The van der Waals surface area contributed by atoms with Crippen LogP contribution in [-0.4, -0.2) is 14.8 Å². The van der Waals surface area contributed by atoms with E-state index in [4.69, 9.17) is 5.84 Å². The molecule has 0 amide bonds. The second-order valence-corrected chi connectivity index (χ2v) is 3.85. The van der Waals surface area contributed by atoms with Crippen LogP contribution in [0.2, 0.25) is 0 Å². The number of aryl methyl sites for hydroxylation is 1. The number of pyridine rings is 1. The Morgan fingerprint density at radius 3 is 2.71 bits per heavy atom. The molecule has 0 aliphatic rings. The molecule has 0 aliphatic carbocycles. The molecule has 0 fully saturated rings. The second-order valence-electron chi connectivity index (χ2n) is 3.85. The number of hydrazine groups is 1. The van der Waals surface area contributed by atoms with Crippen LogP contribution in [0.3, 0.4) is 0 Å². The van der Waals surface area contributed by atoms with E-state index in [-0.39, 0.29) is 6.04 Å². The van der Waals surface area contributed by atoms with E-state index >= 15 is 0 Å². The van der Waals surface area contributed by atoms with Crippen molar-refractivity contribution in [2.75, 3.05) is 0 Å². The Kier molecular flexibility index (Phi) is 3.85. The summed E-state index contributed by atoms with van der Waals surface area (Å²) in [7, 11) is 0. The topological polar surface area (TPSA) is 68.8 Å². The first-order valence-corrected chi connectivity index (χ1v) is 5.72. The van der Waals surface area contributed by atoms with Gasteiger partial charge in [0.05, 0.1) is 11.7 Å². The number of nitrogens with two attached hydrogens (primary N) is 1. The minimum absolute atomic E-state index is 0.0693. The van der Waals surface area contributed by atoms with Gasteiger partial charge in [0.2, 0.25) is 0 Å². The summed E-state index contributed by atoms with van der Waals surface area (Å²) in [6.07, 6.45) is 6.21. The first-order valence-electron chi connectivity index (χ1n) is 5.72. The summed E-state index contributed by atoms with van der Waals surface area (Å²) in [4.78, 5) is 4.01.